The first kappa shape index (κ1) is 16.2. The first-order valence-electron chi connectivity index (χ1n) is 6.80. The molecule has 22 heavy (non-hydrogen) atoms. The molecule has 0 saturated carbocycles. The minimum Gasteiger partial charge on any atom is -0.479 e. The monoisotopic (exact) mass is 322 g/mol. The number of benzene rings is 1. The van der Waals surface area contributed by atoms with Gasteiger partial charge in [-0.2, -0.15) is 0 Å². The number of nitrogens with one attached hydrogen (secondary N) is 1. The van der Waals surface area contributed by atoms with E-state index < -0.39 is 11.9 Å². The van der Waals surface area contributed by atoms with Crippen molar-refractivity contribution in [2.24, 2.45) is 0 Å². The van der Waals surface area contributed by atoms with Crippen LogP contribution in [0.15, 0.2) is 42.6 Å². The van der Waals surface area contributed by atoms with Gasteiger partial charge in [0.25, 0.3) is 5.91 Å². The van der Waals surface area contributed by atoms with Crippen LogP contribution in [0.4, 0.5) is 4.39 Å². The van der Waals surface area contributed by atoms with Gasteiger partial charge in [-0.25, -0.2) is 4.39 Å². The molecule has 2 rings (SSSR count). The Morgan fingerprint density at radius 3 is 2.73 bits per heavy atom. The summed E-state index contributed by atoms with van der Waals surface area (Å²) in [6.45, 7) is 3.43. The van der Waals surface area contributed by atoms with Gasteiger partial charge >= 0.3 is 0 Å². The lowest BCUT2D eigenvalue weighted by Gasteiger charge is -2.19. The second-order valence-electron chi connectivity index (χ2n) is 4.82. The van der Waals surface area contributed by atoms with Gasteiger partial charge in [0.1, 0.15) is 11.6 Å². The molecule has 1 amide bonds. The highest BCUT2D eigenvalue weighted by Crippen LogP contribution is 2.26. The Hall–Kier alpha value is -2.14. The zero-order chi connectivity index (χ0) is 16.1. The number of halogens is 2. The Bertz CT molecular complexity index is 652. The second-order valence-corrected chi connectivity index (χ2v) is 5.23. The van der Waals surface area contributed by atoms with Crippen molar-refractivity contribution in [3.05, 3.63) is 59.1 Å². The Balaban J connectivity index is 1.97. The van der Waals surface area contributed by atoms with E-state index in [1.807, 2.05) is 19.1 Å². The van der Waals surface area contributed by atoms with Crippen LogP contribution in [-0.2, 0) is 4.79 Å². The predicted molar refractivity (Wildman–Crippen MR) is 82.3 cm³/mol. The van der Waals surface area contributed by atoms with Gasteiger partial charge in [-0.05, 0) is 44.2 Å². The molecular formula is C16H16ClFN2O2. The quantitative estimate of drug-likeness (QED) is 0.916. The number of hydrogen-bond donors (Lipinski definition) is 1. The molecule has 2 aromatic rings. The van der Waals surface area contributed by atoms with E-state index >= 15 is 0 Å². The topological polar surface area (TPSA) is 51.2 Å². The molecule has 0 aliphatic heterocycles. The van der Waals surface area contributed by atoms with Crippen LogP contribution in [0.5, 0.6) is 5.75 Å². The summed E-state index contributed by atoms with van der Waals surface area (Å²) in [4.78, 5) is 16.3. The van der Waals surface area contributed by atoms with Gasteiger partial charge < -0.3 is 10.1 Å². The SMILES string of the molecule is CC(Oc1ccc(F)cc1Cl)C(=O)NC(C)c1ccccn1. The number of aromatic nitrogens is 1. The molecule has 0 aliphatic rings. The molecule has 0 aliphatic carbocycles. The van der Waals surface area contributed by atoms with E-state index in [2.05, 4.69) is 10.3 Å². The Labute approximate surface area is 133 Å². The maximum absolute atomic E-state index is 13.0. The van der Waals surface area contributed by atoms with Crippen molar-refractivity contribution in [2.75, 3.05) is 0 Å². The minimum absolute atomic E-state index is 0.123. The standard InChI is InChI=1S/C16H16ClFN2O2/c1-10(14-5-3-4-8-19-14)20-16(21)11(2)22-15-7-6-12(18)9-13(15)17/h3-11H,1-2H3,(H,20,21). The van der Waals surface area contributed by atoms with E-state index in [-0.39, 0.29) is 22.7 Å². The third kappa shape index (κ3) is 4.18. The highest BCUT2D eigenvalue weighted by Gasteiger charge is 2.19. The molecule has 116 valence electrons. The Morgan fingerprint density at radius 1 is 1.32 bits per heavy atom. The summed E-state index contributed by atoms with van der Waals surface area (Å²) in [5, 5.41) is 2.93. The fraction of sp³-hybridized carbons (Fsp3) is 0.250. The van der Waals surface area contributed by atoms with E-state index in [0.717, 1.165) is 11.8 Å². The number of rotatable bonds is 5. The fourth-order valence-electron chi connectivity index (χ4n) is 1.85. The van der Waals surface area contributed by atoms with Crippen molar-refractivity contribution >= 4 is 17.5 Å². The van der Waals surface area contributed by atoms with Gasteiger partial charge in [-0.1, -0.05) is 17.7 Å². The van der Waals surface area contributed by atoms with Gasteiger partial charge in [0.05, 0.1) is 16.8 Å². The molecule has 0 saturated heterocycles. The van der Waals surface area contributed by atoms with E-state index in [9.17, 15) is 9.18 Å². The predicted octanol–water partition coefficient (Wildman–Crippen LogP) is 3.52. The van der Waals surface area contributed by atoms with Crippen molar-refractivity contribution in [3.63, 3.8) is 0 Å². The molecular weight excluding hydrogens is 307 g/mol. The number of hydrogen-bond acceptors (Lipinski definition) is 3. The van der Waals surface area contributed by atoms with E-state index in [4.69, 9.17) is 16.3 Å². The summed E-state index contributed by atoms with van der Waals surface area (Å²) >= 11 is 5.87. The number of amides is 1. The summed E-state index contributed by atoms with van der Waals surface area (Å²) in [5.41, 5.74) is 0.753. The number of nitrogens with zero attached hydrogens (tertiary/aromatic N) is 1. The Kier molecular flexibility index (Phi) is 5.33. The third-order valence-electron chi connectivity index (χ3n) is 3.06. The number of ether oxygens (including phenoxy) is 1. The summed E-state index contributed by atoms with van der Waals surface area (Å²) in [6, 6.07) is 8.99. The van der Waals surface area contributed by atoms with Crippen LogP contribution in [0.3, 0.4) is 0 Å². The molecule has 0 radical (unpaired) electrons. The van der Waals surface area contributed by atoms with Gasteiger partial charge in [-0.3, -0.25) is 9.78 Å². The van der Waals surface area contributed by atoms with Gasteiger partial charge in [0.2, 0.25) is 0 Å². The van der Waals surface area contributed by atoms with Crippen molar-refractivity contribution in [1.82, 2.24) is 10.3 Å². The van der Waals surface area contributed by atoms with Gasteiger partial charge in [-0.15, -0.1) is 0 Å². The highest BCUT2D eigenvalue weighted by atomic mass is 35.5. The van der Waals surface area contributed by atoms with E-state index in [1.54, 1.807) is 19.2 Å². The maximum atomic E-state index is 13.0. The van der Waals surface area contributed by atoms with E-state index in [0.29, 0.717) is 0 Å². The van der Waals surface area contributed by atoms with Crippen LogP contribution in [0, 0.1) is 5.82 Å². The minimum atomic E-state index is -0.769. The lowest BCUT2D eigenvalue weighted by Crippen LogP contribution is -2.38. The third-order valence-corrected chi connectivity index (χ3v) is 3.35. The zero-order valence-electron chi connectivity index (χ0n) is 12.2. The summed E-state index contributed by atoms with van der Waals surface area (Å²) < 4.78 is 18.4. The molecule has 0 bridgehead atoms. The number of carbonyl (C=O) groups excluding carboxylic acids is 1. The lowest BCUT2D eigenvalue weighted by atomic mass is 10.2. The van der Waals surface area contributed by atoms with Crippen LogP contribution >= 0.6 is 11.6 Å². The zero-order valence-corrected chi connectivity index (χ0v) is 13.0. The average Bonchev–Trinajstić information content (AvgIpc) is 2.50. The summed E-state index contributed by atoms with van der Waals surface area (Å²) in [6.07, 6.45) is 0.894. The highest BCUT2D eigenvalue weighted by molar-refractivity contribution is 6.32. The fourth-order valence-corrected chi connectivity index (χ4v) is 2.06. The van der Waals surface area contributed by atoms with Crippen LogP contribution in [0.25, 0.3) is 0 Å². The molecule has 2 atom stereocenters. The molecule has 0 spiro atoms. The van der Waals surface area contributed by atoms with Crippen LogP contribution in [-0.4, -0.2) is 17.0 Å². The average molecular weight is 323 g/mol. The maximum Gasteiger partial charge on any atom is 0.261 e. The van der Waals surface area contributed by atoms with Crippen molar-refractivity contribution in [2.45, 2.75) is 26.0 Å². The summed E-state index contributed by atoms with van der Waals surface area (Å²) in [5.74, 6) is -0.507. The van der Waals surface area contributed by atoms with Crippen LogP contribution in [0.1, 0.15) is 25.6 Å². The molecule has 0 fully saturated rings. The van der Waals surface area contributed by atoms with E-state index in [1.165, 1.54) is 12.1 Å². The summed E-state index contributed by atoms with van der Waals surface area (Å²) in [7, 11) is 0. The Morgan fingerprint density at radius 2 is 2.09 bits per heavy atom. The smallest absolute Gasteiger partial charge is 0.261 e. The molecule has 2 unspecified atom stereocenters. The number of carbonyl (C=O) groups is 1. The molecule has 1 aromatic heterocycles. The second kappa shape index (κ2) is 7.22. The molecule has 1 heterocycles. The van der Waals surface area contributed by atoms with Crippen LogP contribution < -0.4 is 10.1 Å². The molecule has 1 aromatic carbocycles. The first-order chi connectivity index (χ1) is 10.5. The normalized spacial score (nSPS) is 13.3. The van der Waals surface area contributed by atoms with Gasteiger partial charge in [0.15, 0.2) is 6.10 Å². The lowest BCUT2D eigenvalue weighted by molar-refractivity contribution is -0.127. The number of pyridine rings is 1. The van der Waals surface area contributed by atoms with Crippen molar-refractivity contribution in [1.29, 1.82) is 0 Å². The van der Waals surface area contributed by atoms with Crippen LogP contribution in [0.2, 0.25) is 5.02 Å². The van der Waals surface area contributed by atoms with Gasteiger partial charge in [0, 0.05) is 6.20 Å². The largest absolute Gasteiger partial charge is 0.479 e. The first-order valence-corrected chi connectivity index (χ1v) is 7.18. The molecule has 1 N–H and O–H groups in total. The molecule has 4 nitrogen and oxygen atoms in total. The van der Waals surface area contributed by atoms with Crippen molar-refractivity contribution in [3.8, 4) is 5.75 Å². The van der Waals surface area contributed by atoms with Crippen molar-refractivity contribution < 1.29 is 13.9 Å². The molecule has 6 heteroatoms.